The summed E-state index contributed by atoms with van der Waals surface area (Å²) in [4.78, 5) is 4.56. The van der Waals surface area contributed by atoms with Crippen molar-refractivity contribution in [2.24, 2.45) is 0 Å². The molecule has 0 atom stereocenters. The van der Waals surface area contributed by atoms with Gasteiger partial charge < -0.3 is 4.42 Å². The van der Waals surface area contributed by atoms with Crippen molar-refractivity contribution in [2.75, 3.05) is 0 Å². The molecule has 26 heavy (non-hydrogen) atoms. The normalized spacial score (nSPS) is 11.7. The first kappa shape index (κ1) is 16.9. The molecule has 3 nitrogen and oxygen atoms in total. The molecule has 0 unspecified atom stereocenters. The topological polar surface area (TPSA) is 49.8 Å². The van der Waals surface area contributed by atoms with Crippen LogP contribution in [0.15, 0.2) is 58.3 Å². The molecule has 0 spiro atoms. The van der Waals surface area contributed by atoms with Gasteiger partial charge in [-0.15, -0.1) is 11.3 Å². The maximum atomic E-state index is 9.54. The lowest BCUT2D eigenvalue weighted by Gasteiger charge is -2.00. The van der Waals surface area contributed by atoms with E-state index in [1.807, 2.05) is 35.7 Å². The number of furan rings is 1. The fourth-order valence-electron chi connectivity index (χ4n) is 2.53. The molecule has 6 heteroatoms. The second kappa shape index (κ2) is 6.97. The summed E-state index contributed by atoms with van der Waals surface area (Å²) >= 11 is 13.5. The van der Waals surface area contributed by atoms with Crippen molar-refractivity contribution in [3.8, 4) is 17.5 Å². The molecule has 2 heterocycles. The molecular formula is C20H10Cl2N2OS. The van der Waals surface area contributed by atoms with E-state index >= 15 is 0 Å². The van der Waals surface area contributed by atoms with Crippen LogP contribution in [-0.2, 0) is 0 Å². The molecule has 0 saturated heterocycles. The minimum atomic E-state index is 0.432. The highest BCUT2D eigenvalue weighted by Gasteiger charge is 2.13. The van der Waals surface area contributed by atoms with Gasteiger partial charge in [0.1, 0.15) is 22.4 Å². The lowest BCUT2D eigenvalue weighted by atomic mass is 10.1. The molecule has 2 aromatic heterocycles. The summed E-state index contributed by atoms with van der Waals surface area (Å²) < 4.78 is 5.84. The largest absolute Gasteiger partial charge is 0.454 e. The predicted octanol–water partition coefficient (Wildman–Crippen LogP) is 6.93. The number of benzene rings is 2. The quantitative estimate of drug-likeness (QED) is 0.352. The molecule has 0 aliphatic rings. The minimum absolute atomic E-state index is 0.432. The number of halogens is 2. The van der Waals surface area contributed by atoms with Gasteiger partial charge >= 0.3 is 0 Å². The second-order valence-electron chi connectivity index (χ2n) is 5.52. The van der Waals surface area contributed by atoms with Crippen LogP contribution in [0.5, 0.6) is 0 Å². The highest BCUT2D eigenvalue weighted by atomic mass is 35.5. The molecule has 0 saturated carbocycles. The predicted molar refractivity (Wildman–Crippen MR) is 107 cm³/mol. The molecule has 126 valence electrons. The zero-order valence-corrected chi connectivity index (χ0v) is 15.6. The van der Waals surface area contributed by atoms with E-state index in [0.29, 0.717) is 37.6 Å². The Bertz CT molecular complexity index is 1150. The van der Waals surface area contributed by atoms with Crippen LogP contribution in [0, 0.1) is 11.3 Å². The van der Waals surface area contributed by atoms with Crippen molar-refractivity contribution < 1.29 is 4.42 Å². The average molecular weight is 397 g/mol. The zero-order chi connectivity index (χ0) is 18.1. The maximum absolute atomic E-state index is 9.54. The van der Waals surface area contributed by atoms with Gasteiger partial charge in [-0.1, -0.05) is 47.5 Å². The van der Waals surface area contributed by atoms with E-state index in [0.717, 1.165) is 11.0 Å². The van der Waals surface area contributed by atoms with Crippen molar-refractivity contribution in [3.63, 3.8) is 0 Å². The second-order valence-corrected chi connectivity index (χ2v) is 7.22. The Morgan fingerprint density at radius 2 is 2.00 bits per heavy atom. The minimum Gasteiger partial charge on any atom is -0.454 e. The van der Waals surface area contributed by atoms with Gasteiger partial charge in [0.25, 0.3) is 0 Å². The molecule has 0 bridgehead atoms. The summed E-state index contributed by atoms with van der Waals surface area (Å²) in [5.74, 6) is 0.676. The van der Waals surface area contributed by atoms with E-state index in [1.165, 1.54) is 11.3 Å². The third-order valence-corrected chi connectivity index (χ3v) is 5.23. The van der Waals surface area contributed by atoms with Crippen molar-refractivity contribution >= 4 is 57.2 Å². The number of thiazole rings is 1. The van der Waals surface area contributed by atoms with Crippen LogP contribution in [-0.4, -0.2) is 4.98 Å². The first-order valence-corrected chi connectivity index (χ1v) is 9.29. The first-order chi connectivity index (χ1) is 12.6. The Hall–Kier alpha value is -2.58. The first-order valence-electron chi connectivity index (χ1n) is 7.66. The van der Waals surface area contributed by atoms with E-state index in [4.69, 9.17) is 27.6 Å². The van der Waals surface area contributed by atoms with Crippen molar-refractivity contribution in [3.05, 3.63) is 74.5 Å². The Labute approximate surface area is 163 Å². The van der Waals surface area contributed by atoms with Crippen LogP contribution in [0.4, 0.5) is 0 Å². The van der Waals surface area contributed by atoms with E-state index in [9.17, 15) is 5.26 Å². The molecule has 0 amide bonds. The number of fused-ring (bicyclic) bond motifs is 1. The van der Waals surface area contributed by atoms with Gasteiger partial charge in [0.2, 0.25) is 0 Å². The van der Waals surface area contributed by atoms with Crippen molar-refractivity contribution in [2.45, 2.75) is 0 Å². The monoisotopic (exact) mass is 396 g/mol. The fraction of sp³-hybridized carbons (Fsp3) is 0. The van der Waals surface area contributed by atoms with Gasteiger partial charge in [0.15, 0.2) is 5.76 Å². The summed E-state index contributed by atoms with van der Waals surface area (Å²) in [5, 5.41) is 14.1. The summed E-state index contributed by atoms with van der Waals surface area (Å²) in [5.41, 5.74) is 2.65. The summed E-state index contributed by atoms with van der Waals surface area (Å²) in [7, 11) is 0. The average Bonchev–Trinajstić information content (AvgIpc) is 3.28. The molecule has 0 N–H and O–H groups in total. The highest BCUT2D eigenvalue weighted by Crippen LogP contribution is 2.32. The molecule has 0 aliphatic carbocycles. The Balaban J connectivity index is 1.71. The fourth-order valence-corrected chi connectivity index (χ4v) is 3.77. The molecule has 2 aromatic carbocycles. The van der Waals surface area contributed by atoms with Gasteiger partial charge in [-0.2, -0.15) is 5.26 Å². The van der Waals surface area contributed by atoms with E-state index < -0.39 is 0 Å². The van der Waals surface area contributed by atoms with Gasteiger partial charge in [-0.05, 0) is 35.9 Å². The summed E-state index contributed by atoms with van der Waals surface area (Å²) in [6, 6.07) is 17.1. The number of hydrogen-bond donors (Lipinski definition) is 0. The van der Waals surface area contributed by atoms with Crippen molar-refractivity contribution in [1.82, 2.24) is 4.98 Å². The number of nitrogens with zero attached hydrogens (tertiary/aromatic N) is 2. The third-order valence-electron chi connectivity index (χ3n) is 3.80. The van der Waals surface area contributed by atoms with E-state index in [-0.39, 0.29) is 0 Å². The van der Waals surface area contributed by atoms with E-state index in [1.54, 1.807) is 24.3 Å². The van der Waals surface area contributed by atoms with E-state index in [2.05, 4.69) is 11.1 Å². The number of rotatable bonds is 3. The third kappa shape index (κ3) is 3.25. The number of aromatic nitrogens is 1. The lowest BCUT2D eigenvalue weighted by molar-refractivity contribution is 0.629. The van der Waals surface area contributed by atoms with Gasteiger partial charge in [0.05, 0.1) is 5.57 Å². The molecule has 4 rings (SSSR count). The van der Waals surface area contributed by atoms with Crippen molar-refractivity contribution in [1.29, 1.82) is 5.26 Å². The molecule has 0 aliphatic heterocycles. The number of para-hydroxylation sites is 1. The Morgan fingerprint density at radius 1 is 1.15 bits per heavy atom. The van der Waals surface area contributed by atoms with Crippen LogP contribution in [0.3, 0.4) is 0 Å². The van der Waals surface area contributed by atoms with Crippen LogP contribution >= 0.6 is 34.5 Å². The van der Waals surface area contributed by atoms with Crippen LogP contribution in [0.2, 0.25) is 10.0 Å². The number of hydrogen-bond acceptors (Lipinski definition) is 4. The molecule has 0 radical (unpaired) electrons. The lowest BCUT2D eigenvalue weighted by Crippen LogP contribution is -1.83. The molecule has 0 fully saturated rings. The Kier molecular flexibility index (Phi) is 4.52. The molecule has 4 aromatic rings. The van der Waals surface area contributed by atoms with Crippen LogP contribution < -0.4 is 0 Å². The van der Waals surface area contributed by atoms with Gasteiger partial charge in [-0.25, -0.2) is 4.98 Å². The SMILES string of the molecule is N#CC(=Cc1ccc(Cl)cc1Cl)c1nc(-c2cc3ccccc3o2)cs1. The van der Waals surface area contributed by atoms with Gasteiger partial charge in [0, 0.05) is 20.8 Å². The number of allylic oxidation sites excluding steroid dienone is 1. The zero-order valence-electron chi connectivity index (χ0n) is 13.2. The van der Waals surface area contributed by atoms with Crippen LogP contribution in [0.1, 0.15) is 10.6 Å². The summed E-state index contributed by atoms with van der Waals surface area (Å²) in [6.07, 6.45) is 1.71. The summed E-state index contributed by atoms with van der Waals surface area (Å²) in [6.45, 7) is 0. The van der Waals surface area contributed by atoms with Crippen LogP contribution in [0.25, 0.3) is 34.1 Å². The smallest absolute Gasteiger partial charge is 0.154 e. The van der Waals surface area contributed by atoms with Gasteiger partial charge in [-0.3, -0.25) is 0 Å². The number of nitriles is 1. The Morgan fingerprint density at radius 3 is 2.77 bits per heavy atom. The maximum Gasteiger partial charge on any atom is 0.154 e. The molecular weight excluding hydrogens is 387 g/mol. The standard InChI is InChI=1S/C20H10Cl2N2OS/c21-15-6-5-12(16(22)9-15)7-14(10-23)20-24-17(11-26-20)19-8-13-3-1-2-4-18(13)25-19/h1-9,11H. The highest BCUT2D eigenvalue weighted by molar-refractivity contribution is 7.11.